The van der Waals surface area contributed by atoms with E-state index < -0.39 is 5.91 Å². The third-order valence-corrected chi connectivity index (χ3v) is 4.65. The smallest absolute Gasteiger partial charge is 0.286 e. The number of fused-ring (bicyclic) bond motifs is 1. The van der Waals surface area contributed by atoms with E-state index in [4.69, 9.17) is 9.47 Å². The number of hydrogen-bond donors (Lipinski definition) is 0. The SMILES string of the molecule is CCn1c(=NC(=O)COc2ccc(OC)cc2)sc2cccc(F)c21. The van der Waals surface area contributed by atoms with Gasteiger partial charge in [-0.1, -0.05) is 17.4 Å². The minimum absolute atomic E-state index is 0.188. The van der Waals surface area contributed by atoms with E-state index in [1.165, 1.54) is 17.4 Å². The normalized spacial score (nSPS) is 11.7. The number of amides is 1. The monoisotopic (exact) mass is 360 g/mol. The lowest BCUT2D eigenvalue weighted by Crippen LogP contribution is -2.19. The predicted molar refractivity (Wildman–Crippen MR) is 94.5 cm³/mol. The van der Waals surface area contributed by atoms with Gasteiger partial charge in [-0.15, -0.1) is 0 Å². The molecule has 0 saturated carbocycles. The van der Waals surface area contributed by atoms with Crippen molar-refractivity contribution >= 4 is 27.5 Å². The molecule has 7 heteroatoms. The second-order valence-corrected chi connectivity index (χ2v) is 6.19. The van der Waals surface area contributed by atoms with Crippen molar-refractivity contribution in [3.63, 3.8) is 0 Å². The maximum absolute atomic E-state index is 14.0. The minimum atomic E-state index is -0.426. The van der Waals surface area contributed by atoms with Crippen LogP contribution in [0.4, 0.5) is 4.39 Å². The highest BCUT2D eigenvalue weighted by Gasteiger charge is 2.10. The van der Waals surface area contributed by atoms with Crippen molar-refractivity contribution in [1.82, 2.24) is 4.57 Å². The maximum Gasteiger partial charge on any atom is 0.286 e. The summed E-state index contributed by atoms with van der Waals surface area (Å²) in [5, 5.41) is 0. The summed E-state index contributed by atoms with van der Waals surface area (Å²) in [6.07, 6.45) is 0. The largest absolute Gasteiger partial charge is 0.497 e. The first-order valence-electron chi connectivity index (χ1n) is 7.74. The topological polar surface area (TPSA) is 52.8 Å². The molecule has 0 radical (unpaired) electrons. The van der Waals surface area contributed by atoms with Crippen molar-refractivity contribution < 1.29 is 18.7 Å². The number of carbonyl (C=O) groups is 1. The first-order valence-corrected chi connectivity index (χ1v) is 8.56. The van der Waals surface area contributed by atoms with Crippen molar-refractivity contribution in [2.45, 2.75) is 13.5 Å². The Hall–Kier alpha value is -2.67. The van der Waals surface area contributed by atoms with Crippen LogP contribution in [0.25, 0.3) is 10.2 Å². The Morgan fingerprint density at radius 2 is 1.92 bits per heavy atom. The fourth-order valence-corrected chi connectivity index (χ4v) is 3.55. The molecule has 0 aliphatic heterocycles. The Labute approximate surface area is 148 Å². The van der Waals surface area contributed by atoms with Crippen molar-refractivity contribution in [3.8, 4) is 11.5 Å². The molecule has 3 aromatic rings. The first-order chi connectivity index (χ1) is 12.1. The van der Waals surface area contributed by atoms with E-state index in [1.54, 1.807) is 42.0 Å². The molecule has 5 nitrogen and oxygen atoms in total. The lowest BCUT2D eigenvalue weighted by atomic mass is 10.3. The van der Waals surface area contributed by atoms with Gasteiger partial charge in [0, 0.05) is 6.54 Å². The number of aromatic nitrogens is 1. The highest BCUT2D eigenvalue weighted by molar-refractivity contribution is 7.16. The van der Waals surface area contributed by atoms with E-state index in [9.17, 15) is 9.18 Å². The number of benzene rings is 2. The number of para-hydroxylation sites is 1. The Bertz CT molecular complexity index is 961. The van der Waals surface area contributed by atoms with Crippen molar-refractivity contribution in [1.29, 1.82) is 0 Å². The number of rotatable bonds is 5. The zero-order valence-corrected chi connectivity index (χ0v) is 14.7. The Morgan fingerprint density at radius 1 is 1.20 bits per heavy atom. The second-order valence-electron chi connectivity index (χ2n) is 5.19. The van der Waals surface area contributed by atoms with Gasteiger partial charge in [0.05, 0.1) is 17.3 Å². The summed E-state index contributed by atoms with van der Waals surface area (Å²) in [5.41, 5.74) is 0.470. The lowest BCUT2D eigenvalue weighted by molar-refractivity contribution is -0.120. The molecule has 0 fully saturated rings. The van der Waals surface area contributed by atoms with Crippen molar-refractivity contribution in [2.75, 3.05) is 13.7 Å². The zero-order valence-electron chi connectivity index (χ0n) is 13.9. The molecule has 0 unspecified atom stereocenters. The molecule has 0 bridgehead atoms. The number of hydrogen-bond acceptors (Lipinski definition) is 4. The molecule has 0 N–H and O–H groups in total. The zero-order chi connectivity index (χ0) is 17.8. The van der Waals surface area contributed by atoms with E-state index in [1.807, 2.05) is 13.0 Å². The molecule has 0 atom stereocenters. The van der Waals surface area contributed by atoms with Gasteiger partial charge in [0.1, 0.15) is 17.3 Å². The number of carbonyl (C=O) groups excluding carboxylic acids is 1. The molecule has 0 aliphatic rings. The van der Waals surface area contributed by atoms with Crippen LogP contribution in [0.1, 0.15) is 6.92 Å². The summed E-state index contributed by atoms with van der Waals surface area (Å²) in [6, 6.07) is 11.8. The molecular formula is C18H17FN2O3S. The van der Waals surface area contributed by atoms with Crippen LogP contribution in [0.15, 0.2) is 47.5 Å². The lowest BCUT2D eigenvalue weighted by Gasteiger charge is -2.04. The predicted octanol–water partition coefficient (Wildman–Crippen LogP) is 3.38. The standard InChI is InChI=1S/C18H17FN2O3S/c1-3-21-17-14(19)5-4-6-15(17)25-18(21)20-16(22)11-24-13-9-7-12(23-2)8-10-13/h4-10H,3,11H2,1-2H3. The number of thiazole rings is 1. The van der Waals surface area contributed by atoms with Crippen LogP contribution in [0.5, 0.6) is 11.5 Å². The second kappa shape index (κ2) is 7.48. The van der Waals surface area contributed by atoms with Crippen LogP contribution in [0.2, 0.25) is 0 Å². The molecule has 1 amide bonds. The van der Waals surface area contributed by atoms with Gasteiger partial charge in [0.2, 0.25) is 0 Å². The molecule has 0 aliphatic carbocycles. The Kier molecular flexibility index (Phi) is 5.14. The third kappa shape index (κ3) is 3.71. The van der Waals surface area contributed by atoms with Gasteiger partial charge in [-0.2, -0.15) is 4.99 Å². The van der Waals surface area contributed by atoms with Crippen LogP contribution in [0, 0.1) is 5.82 Å². The molecule has 1 heterocycles. The molecule has 0 spiro atoms. The van der Waals surface area contributed by atoms with Crippen molar-refractivity contribution in [2.24, 2.45) is 4.99 Å². The average molecular weight is 360 g/mol. The van der Waals surface area contributed by atoms with E-state index >= 15 is 0 Å². The number of halogens is 1. The molecular weight excluding hydrogens is 343 g/mol. The van der Waals surface area contributed by atoms with Gasteiger partial charge in [-0.3, -0.25) is 4.79 Å². The Morgan fingerprint density at radius 3 is 2.60 bits per heavy atom. The van der Waals surface area contributed by atoms with Gasteiger partial charge < -0.3 is 14.0 Å². The van der Waals surface area contributed by atoms with E-state index in [-0.39, 0.29) is 12.4 Å². The van der Waals surface area contributed by atoms with E-state index in [0.717, 1.165) is 4.70 Å². The summed E-state index contributed by atoms with van der Waals surface area (Å²) in [7, 11) is 1.58. The fraction of sp³-hybridized carbons (Fsp3) is 0.222. The summed E-state index contributed by atoms with van der Waals surface area (Å²) in [6.45, 7) is 2.22. The van der Waals surface area contributed by atoms with E-state index in [0.29, 0.717) is 28.4 Å². The third-order valence-electron chi connectivity index (χ3n) is 3.61. The summed E-state index contributed by atoms with van der Waals surface area (Å²) < 4.78 is 27.0. The van der Waals surface area contributed by atoms with Gasteiger partial charge in [-0.25, -0.2) is 4.39 Å². The number of aryl methyl sites for hydroxylation is 1. The van der Waals surface area contributed by atoms with Crippen molar-refractivity contribution in [3.05, 3.63) is 53.1 Å². The number of nitrogens with zero attached hydrogens (tertiary/aromatic N) is 2. The van der Waals surface area contributed by atoms with Gasteiger partial charge in [-0.05, 0) is 43.3 Å². The molecule has 0 saturated heterocycles. The molecule has 1 aromatic heterocycles. The molecule has 25 heavy (non-hydrogen) atoms. The summed E-state index contributed by atoms with van der Waals surface area (Å²) in [4.78, 5) is 16.7. The number of methoxy groups -OCH3 is 1. The fourth-order valence-electron chi connectivity index (χ4n) is 2.42. The molecule has 130 valence electrons. The Balaban J connectivity index is 1.81. The van der Waals surface area contributed by atoms with Gasteiger partial charge in [0.25, 0.3) is 5.91 Å². The number of ether oxygens (including phenoxy) is 2. The van der Waals surface area contributed by atoms with Crippen LogP contribution < -0.4 is 14.3 Å². The average Bonchev–Trinajstić information content (AvgIpc) is 2.98. The highest BCUT2D eigenvalue weighted by atomic mass is 32.1. The highest BCUT2D eigenvalue weighted by Crippen LogP contribution is 2.20. The maximum atomic E-state index is 14.0. The summed E-state index contributed by atoms with van der Waals surface area (Å²) in [5.74, 6) is 0.513. The minimum Gasteiger partial charge on any atom is -0.497 e. The van der Waals surface area contributed by atoms with Crippen LogP contribution in [-0.4, -0.2) is 24.2 Å². The van der Waals surface area contributed by atoms with E-state index in [2.05, 4.69) is 4.99 Å². The van der Waals surface area contributed by atoms with Crippen LogP contribution in [-0.2, 0) is 11.3 Å². The first kappa shape index (κ1) is 17.2. The molecule has 3 rings (SSSR count). The van der Waals surface area contributed by atoms with Crippen LogP contribution >= 0.6 is 11.3 Å². The van der Waals surface area contributed by atoms with Gasteiger partial charge >= 0.3 is 0 Å². The quantitative estimate of drug-likeness (QED) is 0.701. The van der Waals surface area contributed by atoms with Gasteiger partial charge in [0.15, 0.2) is 11.4 Å². The summed E-state index contributed by atoms with van der Waals surface area (Å²) >= 11 is 1.28. The van der Waals surface area contributed by atoms with Crippen LogP contribution in [0.3, 0.4) is 0 Å². The molecule has 2 aromatic carbocycles.